The minimum atomic E-state index is -4.06. The molecular formula is C18H18ClN3O3S. The third-order valence-electron chi connectivity index (χ3n) is 5.07. The molecule has 4 rings (SSSR count). The highest BCUT2D eigenvalue weighted by atomic mass is 35.5. The molecule has 0 bridgehead atoms. The maximum Gasteiger partial charge on any atom is 0.283 e. The van der Waals surface area contributed by atoms with E-state index in [-0.39, 0.29) is 16.6 Å². The van der Waals surface area contributed by atoms with Crippen molar-refractivity contribution in [2.75, 3.05) is 0 Å². The zero-order chi connectivity index (χ0) is 18.3. The summed E-state index contributed by atoms with van der Waals surface area (Å²) in [4.78, 5) is 12.5. The van der Waals surface area contributed by atoms with Crippen molar-refractivity contribution in [1.82, 2.24) is 14.9 Å². The Morgan fingerprint density at radius 2 is 1.69 bits per heavy atom. The van der Waals surface area contributed by atoms with E-state index >= 15 is 0 Å². The maximum atomic E-state index is 12.5. The molecule has 0 radical (unpaired) electrons. The van der Waals surface area contributed by atoms with Crippen LogP contribution in [-0.4, -0.2) is 24.5 Å². The Labute approximate surface area is 157 Å². The third-order valence-corrected chi connectivity index (χ3v) is 6.53. The van der Waals surface area contributed by atoms with Crippen molar-refractivity contribution in [3.05, 3.63) is 51.2 Å². The zero-order valence-electron chi connectivity index (χ0n) is 14.1. The number of hydrogen-bond donors (Lipinski definition) is 1. The Balaban J connectivity index is 1.59. The number of fused-ring (bicyclic) bond motifs is 2. The minimum absolute atomic E-state index is 0.0752. The highest BCUT2D eigenvalue weighted by molar-refractivity contribution is 7.90. The first-order valence-corrected chi connectivity index (χ1v) is 10.5. The van der Waals surface area contributed by atoms with Gasteiger partial charge in [-0.2, -0.15) is 8.42 Å². The van der Waals surface area contributed by atoms with E-state index in [1.165, 1.54) is 34.4 Å². The predicted octanol–water partition coefficient (Wildman–Crippen LogP) is 2.16. The number of benzene rings is 1. The van der Waals surface area contributed by atoms with E-state index in [4.69, 9.17) is 11.6 Å². The van der Waals surface area contributed by atoms with Gasteiger partial charge in [-0.25, -0.2) is 4.72 Å². The normalized spacial score (nSPS) is 15.6. The molecule has 0 unspecified atom stereocenters. The molecule has 2 aromatic rings. The van der Waals surface area contributed by atoms with Crippen LogP contribution in [0, 0.1) is 0 Å². The lowest BCUT2D eigenvalue weighted by molar-refractivity contribution is -0.118. The molecule has 0 spiro atoms. The van der Waals surface area contributed by atoms with Crippen LogP contribution >= 0.6 is 11.6 Å². The van der Waals surface area contributed by atoms with Gasteiger partial charge in [-0.15, -0.1) is 10.2 Å². The van der Waals surface area contributed by atoms with Crippen molar-refractivity contribution < 1.29 is 13.2 Å². The van der Waals surface area contributed by atoms with Crippen molar-refractivity contribution in [2.45, 2.75) is 50.0 Å². The number of nitrogens with zero attached hydrogens (tertiary/aromatic N) is 2. The van der Waals surface area contributed by atoms with Gasteiger partial charge in [-0.05, 0) is 78.5 Å². The van der Waals surface area contributed by atoms with Gasteiger partial charge in [-0.1, -0.05) is 17.7 Å². The fraction of sp³-hybridized carbons (Fsp3) is 0.389. The average molecular weight is 392 g/mol. The Morgan fingerprint density at radius 1 is 1.04 bits per heavy atom. The fourth-order valence-electron chi connectivity index (χ4n) is 3.99. The predicted molar refractivity (Wildman–Crippen MR) is 96.6 cm³/mol. The molecule has 1 aromatic heterocycles. The lowest BCUT2D eigenvalue weighted by atomic mass is 9.92. The molecule has 6 nitrogen and oxygen atoms in total. The van der Waals surface area contributed by atoms with Crippen molar-refractivity contribution in [1.29, 1.82) is 0 Å². The van der Waals surface area contributed by atoms with Gasteiger partial charge in [0.05, 0.1) is 6.42 Å². The van der Waals surface area contributed by atoms with E-state index in [9.17, 15) is 13.2 Å². The average Bonchev–Trinajstić information content (AvgIpc) is 3.23. The molecule has 8 heteroatoms. The van der Waals surface area contributed by atoms with Crippen molar-refractivity contribution in [2.24, 2.45) is 0 Å². The first-order valence-electron chi connectivity index (χ1n) is 8.64. The van der Waals surface area contributed by atoms with Crippen LogP contribution in [-0.2, 0) is 46.9 Å². The van der Waals surface area contributed by atoms with Gasteiger partial charge < -0.3 is 0 Å². The molecule has 1 heterocycles. The van der Waals surface area contributed by atoms with E-state index in [2.05, 4.69) is 21.0 Å². The van der Waals surface area contributed by atoms with Gasteiger partial charge in [0.1, 0.15) is 0 Å². The number of sulfonamides is 1. The summed E-state index contributed by atoms with van der Waals surface area (Å²) in [6.07, 6.45) is 6.25. The molecule has 0 saturated heterocycles. The van der Waals surface area contributed by atoms with Crippen LogP contribution in [0.4, 0.5) is 0 Å². The van der Waals surface area contributed by atoms with Gasteiger partial charge in [0, 0.05) is 0 Å². The highest BCUT2D eigenvalue weighted by Crippen LogP contribution is 2.35. The summed E-state index contributed by atoms with van der Waals surface area (Å²) >= 11 is 5.63. The second kappa shape index (κ2) is 6.63. The first kappa shape index (κ1) is 17.4. The van der Waals surface area contributed by atoms with Crippen LogP contribution in [0.25, 0.3) is 0 Å². The van der Waals surface area contributed by atoms with Crippen LogP contribution < -0.4 is 4.72 Å². The summed E-state index contributed by atoms with van der Waals surface area (Å²) in [5.74, 6) is -0.545. The van der Waals surface area contributed by atoms with Crippen LogP contribution in [0.3, 0.4) is 0 Å². The smallest absolute Gasteiger partial charge is 0.274 e. The molecule has 0 saturated carbocycles. The topological polar surface area (TPSA) is 89.0 Å². The minimum Gasteiger partial charge on any atom is -0.274 e. The third kappa shape index (κ3) is 3.21. The van der Waals surface area contributed by atoms with Crippen LogP contribution in [0.15, 0.2) is 23.2 Å². The van der Waals surface area contributed by atoms with Crippen molar-refractivity contribution in [3.63, 3.8) is 0 Å². The number of aryl methyl sites for hydroxylation is 2. The largest absolute Gasteiger partial charge is 0.283 e. The molecular weight excluding hydrogens is 374 g/mol. The van der Waals surface area contributed by atoms with Crippen molar-refractivity contribution >= 4 is 27.5 Å². The van der Waals surface area contributed by atoms with Crippen LogP contribution in [0.5, 0.6) is 0 Å². The number of halogens is 1. The van der Waals surface area contributed by atoms with E-state index in [1.807, 2.05) is 0 Å². The standard InChI is InChI=1S/C18H18ClN3O3S/c19-16-7-8-18(21-20-16)26(24,25)22-17(23)10-15-13-5-1-3-11(13)9-12-4-2-6-14(12)15/h7-9H,1-6,10H2,(H,22,23). The summed E-state index contributed by atoms with van der Waals surface area (Å²) in [5, 5.41) is 6.83. The van der Waals surface area contributed by atoms with E-state index in [0.29, 0.717) is 0 Å². The van der Waals surface area contributed by atoms with Gasteiger partial charge >= 0.3 is 0 Å². The first-order chi connectivity index (χ1) is 12.4. The van der Waals surface area contributed by atoms with E-state index < -0.39 is 15.9 Å². The van der Waals surface area contributed by atoms with Crippen LogP contribution in [0.1, 0.15) is 40.7 Å². The maximum absolute atomic E-state index is 12.5. The van der Waals surface area contributed by atoms with Gasteiger partial charge in [0.2, 0.25) is 5.91 Å². The molecule has 136 valence electrons. The highest BCUT2D eigenvalue weighted by Gasteiger charge is 2.27. The Morgan fingerprint density at radius 3 is 2.27 bits per heavy atom. The molecule has 1 aromatic carbocycles. The second-order valence-electron chi connectivity index (χ2n) is 6.74. The Bertz CT molecular complexity index is 955. The van der Waals surface area contributed by atoms with Gasteiger partial charge in [-0.3, -0.25) is 4.79 Å². The molecule has 2 aliphatic rings. The summed E-state index contributed by atoms with van der Waals surface area (Å²) in [5.41, 5.74) is 6.15. The summed E-state index contributed by atoms with van der Waals surface area (Å²) in [6.45, 7) is 0. The van der Waals surface area contributed by atoms with E-state index in [0.717, 1.165) is 44.1 Å². The second-order valence-corrected chi connectivity index (χ2v) is 8.75. The number of carbonyl (C=O) groups is 1. The number of amides is 1. The fourth-order valence-corrected chi connectivity index (χ4v) is 4.97. The van der Waals surface area contributed by atoms with Crippen LogP contribution in [0.2, 0.25) is 5.15 Å². The Hall–Kier alpha value is -1.99. The molecule has 1 N–H and O–H groups in total. The molecule has 1 amide bonds. The number of nitrogens with one attached hydrogen (secondary N) is 1. The monoisotopic (exact) mass is 391 g/mol. The van der Waals surface area contributed by atoms with Crippen molar-refractivity contribution in [3.8, 4) is 0 Å². The lowest BCUT2D eigenvalue weighted by Gasteiger charge is -2.15. The summed E-state index contributed by atoms with van der Waals surface area (Å²) < 4.78 is 26.8. The molecule has 26 heavy (non-hydrogen) atoms. The summed E-state index contributed by atoms with van der Waals surface area (Å²) in [7, 11) is -4.06. The summed E-state index contributed by atoms with van der Waals surface area (Å²) in [6, 6.07) is 4.83. The number of aromatic nitrogens is 2. The number of hydrogen-bond acceptors (Lipinski definition) is 5. The Kier molecular flexibility index (Phi) is 4.44. The zero-order valence-corrected chi connectivity index (χ0v) is 15.7. The number of rotatable bonds is 4. The van der Waals surface area contributed by atoms with Gasteiger partial charge in [0.25, 0.3) is 10.0 Å². The molecule has 0 atom stereocenters. The molecule has 0 fully saturated rings. The number of carbonyl (C=O) groups excluding carboxylic acids is 1. The van der Waals surface area contributed by atoms with E-state index in [1.54, 1.807) is 0 Å². The van der Waals surface area contributed by atoms with Gasteiger partial charge in [0.15, 0.2) is 10.2 Å². The lowest BCUT2D eigenvalue weighted by Crippen LogP contribution is -2.33. The molecule has 2 aliphatic carbocycles. The SMILES string of the molecule is O=C(Cc1c2c(cc3c1CCC3)CCC2)NS(=O)(=O)c1ccc(Cl)nn1. The molecule has 0 aliphatic heterocycles. The quantitative estimate of drug-likeness (QED) is 0.862.